The van der Waals surface area contributed by atoms with Gasteiger partial charge in [-0.3, -0.25) is 4.72 Å². The molecule has 3 N–H and O–H groups in total. The zero-order chi connectivity index (χ0) is 15.8. The number of hydrogen-bond acceptors (Lipinski definition) is 3. The fraction of sp³-hybridized carbons (Fsp3) is 0.0769. The van der Waals surface area contributed by atoms with E-state index in [1.165, 1.54) is 6.07 Å². The van der Waals surface area contributed by atoms with E-state index >= 15 is 0 Å². The highest BCUT2D eigenvalue weighted by atomic mass is 35.5. The smallest absolute Gasteiger partial charge is 0.267 e. The van der Waals surface area contributed by atoms with Crippen molar-refractivity contribution >= 4 is 33.0 Å². The average Bonchev–Trinajstić information content (AvgIpc) is 2.32. The van der Waals surface area contributed by atoms with Crippen LogP contribution in [0.15, 0.2) is 35.2 Å². The average molecular weight is 333 g/mol. The number of para-hydroxylation sites is 1. The quantitative estimate of drug-likeness (QED) is 0.847. The molecular weight excluding hydrogens is 322 g/mol. The second-order valence-electron chi connectivity index (χ2n) is 4.35. The van der Waals surface area contributed by atoms with Crippen molar-refractivity contribution in [2.75, 3.05) is 10.5 Å². The van der Waals surface area contributed by atoms with Gasteiger partial charge in [-0.2, -0.15) is 0 Å². The molecule has 0 heterocycles. The molecule has 0 aliphatic carbocycles. The Morgan fingerprint density at radius 3 is 2.29 bits per heavy atom. The van der Waals surface area contributed by atoms with Crippen molar-refractivity contribution in [3.63, 3.8) is 0 Å². The molecule has 0 aromatic heterocycles. The minimum atomic E-state index is -4.48. The summed E-state index contributed by atoms with van der Waals surface area (Å²) in [5, 5.41) is 0.120. The van der Waals surface area contributed by atoms with Crippen molar-refractivity contribution < 1.29 is 17.2 Å². The molecule has 112 valence electrons. The standard InChI is InChI=1S/C13H11ClF2N2O2S/c1-7-3-2-4-9(14)12(7)18-21(19,20)13-10(15)5-8(17)6-11(13)16/h2-6,18H,17H2,1H3. The molecule has 0 fully saturated rings. The summed E-state index contributed by atoms with van der Waals surface area (Å²) >= 11 is 5.89. The van der Waals surface area contributed by atoms with Gasteiger partial charge in [0.25, 0.3) is 10.0 Å². The van der Waals surface area contributed by atoms with E-state index in [2.05, 4.69) is 4.72 Å². The summed E-state index contributed by atoms with van der Waals surface area (Å²) in [6.07, 6.45) is 0. The van der Waals surface area contributed by atoms with Gasteiger partial charge >= 0.3 is 0 Å². The monoisotopic (exact) mass is 332 g/mol. The van der Waals surface area contributed by atoms with Crippen molar-refractivity contribution in [3.05, 3.63) is 52.6 Å². The summed E-state index contributed by atoms with van der Waals surface area (Å²) in [5.74, 6) is -2.55. The van der Waals surface area contributed by atoms with E-state index in [1.54, 1.807) is 19.1 Å². The molecule has 2 aromatic rings. The molecule has 0 atom stereocenters. The third-order valence-electron chi connectivity index (χ3n) is 2.75. The molecule has 2 aromatic carbocycles. The van der Waals surface area contributed by atoms with E-state index in [9.17, 15) is 17.2 Å². The summed E-state index contributed by atoms with van der Waals surface area (Å²) in [6.45, 7) is 1.61. The lowest BCUT2D eigenvalue weighted by molar-refractivity contribution is 0.522. The third-order valence-corrected chi connectivity index (χ3v) is 4.46. The van der Waals surface area contributed by atoms with Gasteiger partial charge in [0.05, 0.1) is 10.7 Å². The van der Waals surface area contributed by atoms with Crippen LogP contribution in [0.5, 0.6) is 0 Å². The molecule has 0 unspecified atom stereocenters. The fourth-order valence-electron chi connectivity index (χ4n) is 1.78. The molecule has 0 bridgehead atoms. The maximum absolute atomic E-state index is 13.7. The van der Waals surface area contributed by atoms with Crippen LogP contribution in [0.3, 0.4) is 0 Å². The van der Waals surface area contributed by atoms with Crippen LogP contribution in [0.4, 0.5) is 20.2 Å². The normalized spacial score (nSPS) is 11.4. The first-order valence-electron chi connectivity index (χ1n) is 5.75. The van der Waals surface area contributed by atoms with Gasteiger partial charge in [-0.05, 0) is 30.7 Å². The number of sulfonamides is 1. The van der Waals surface area contributed by atoms with Crippen LogP contribution in [0.2, 0.25) is 5.02 Å². The Labute approximate surface area is 125 Å². The van der Waals surface area contributed by atoms with E-state index < -0.39 is 26.6 Å². The lowest BCUT2D eigenvalue weighted by Gasteiger charge is -2.13. The summed E-state index contributed by atoms with van der Waals surface area (Å²) in [6, 6.07) is 6.16. The predicted molar refractivity (Wildman–Crippen MR) is 77.8 cm³/mol. The molecular formula is C13H11ClF2N2O2S. The number of benzene rings is 2. The molecule has 0 aliphatic rings. The lowest BCUT2D eigenvalue weighted by atomic mass is 10.2. The molecule has 0 aliphatic heterocycles. The van der Waals surface area contributed by atoms with E-state index in [1.807, 2.05) is 0 Å². The Morgan fingerprint density at radius 2 is 1.76 bits per heavy atom. The van der Waals surface area contributed by atoms with Gasteiger partial charge in [0.15, 0.2) is 4.90 Å². The Morgan fingerprint density at radius 1 is 1.19 bits per heavy atom. The Bertz CT molecular complexity index is 767. The Kier molecular flexibility index (Phi) is 4.06. The second kappa shape index (κ2) is 5.50. The van der Waals surface area contributed by atoms with Gasteiger partial charge in [-0.25, -0.2) is 17.2 Å². The number of nitrogens with one attached hydrogen (secondary N) is 1. The molecule has 8 heteroatoms. The highest BCUT2D eigenvalue weighted by Gasteiger charge is 2.26. The first kappa shape index (κ1) is 15.5. The minimum absolute atomic E-state index is 0.0646. The first-order chi connectivity index (χ1) is 9.72. The molecule has 0 saturated heterocycles. The number of halogens is 3. The summed E-state index contributed by atoms with van der Waals surface area (Å²) in [4.78, 5) is -1.10. The van der Waals surface area contributed by atoms with Crippen molar-refractivity contribution in [2.45, 2.75) is 11.8 Å². The predicted octanol–water partition coefficient (Wildman–Crippen LogP) is 3.31. The zero-order valence-corrected chi connectivity index (χ0v) is 12.4. The zero-order valence-electron chi connectivity index (χ0n) is 10.8. The van der Waals surface area contributed by atoms with E-state index in [0.29, 0.717) is 5.56 Å². The van der Waals surface area contributed by atoms with Gasteiger partial charge < -0.3 is 5.73 Å². The number of anilines is 2. The summed E-state index contributed by atoms with van der Waals surface area (Å²) in [7, 11) is -4.48. The molecule has 0 spiro atoms. The van der Waals surface area contributed by atoms with E-state index in [0.717, 1.165) is 12.1 Å². The fourth-order valence-corrected chi connectivity index (χ4v) is 3.38. The van der Waals surface area contributed by atoms with Crippen molar-refractivity contribution in [3.8, 4) is 0 Å². The number of rotatable bonds is 3. The molecule has 0 saturated carbocycles. The van der Waals surface area contributed by atoms with Crippen molar-refractivity contribution in [1.82, 2.24) is 0 Å². The van der Waals surface area contributed by atoms with Crippen LogP contribution in [-0.2, 0) is 10.0 Å². The summed E-state index contributed by atoms with van der Waals surface area (Å²) in [5.41, 5.74) is 5.63. The van der Waals surface area contributed by atoms with Crippen LogP contribution >= 0.6 is 11.6 Å². The maximum Gasteiger partial charge on any atom is 0.267 e. The van der Waals surface area contributed by atoms with Crippen molar-refractivity contribution in [2.24, 2.45) is 0 Å². The van der Waals surface area contributed by atoms with Crippen LogP contribution in [0, 0.1) is 18.6 Å². The van der Waals surface area contributed by atoms with Crippen LogP contribution in [0.1, 0.15) is 5.56 Å². The highest BCUT2D eigenvalue weighted by molar-refractivity contribution is 7.92. The Balaban J connectivity index is 2.54. The molecule has 21 heavy (non-hydrogen) atoms. The number of nitrogen functional groups attached to an aromatic ring is 1. The van der Waals surface area contributed by atoms with Gasteiger partial charge in [-0.1, -0.05) is 23.7 Å². The van der Waals surface area contributed by atoms with E-state index in [-0.39, 0.29) is 16.4 Å². The van der Waals surface area contributed by atoms with Gasteiger partial charge in [-0.15, -0.1) is 0 Å². The molecule has 0 amide bonds. The van der Waals surface area contributed by atoms with Crippen LogP contribution in [-0.4, -0.2) is 8.42 Å². The SMILES string of the molecule is Cc1cccc(Cl)c1NS(=O)(=O)c1c(F)cc(N)cc1F. The first-order valence-corrected chi connectivity index (χ1v) is 7.61. The van der Waals surface area contributed by atoms with Gasteiger partial charge in [0.2, 0.25) is 0 Å². The molecule has 0 radical (unpaired) electrons. The lowest BCUT2D eigenvalue weighted by Crippen LogP contribution is -2.17. The van der Waals surface area contributed by atoms with Gasteiger partial charge in [0.1, 0.15) is 11.6 Å². The van der Waals surface area contributed by atoms with E-state index in [4.69, 9.17) is 17.3 Å². The summed E-state index contributed by atoms with van der Waals surface area (Å²) < 4.78 is 53.9. The number of hydrogen-bond donors (Lipinski definition) is 2. The molecule has 4 nitrogen and oxygen atoms in total. The second-order valence-corrected chi connectivity index (χ2v) is 6.38. The highest BCUT2D eigenvalue weighted by Crippen LogP contribution is 2.30. The minimum Gasteiger partial charge on any atom is -0.399 e. The van der Waals surface area contributed by atoms with Gasteiger partial charge in [0, 0.05) is 5.69 Å². The van der Waals surface area contributed by atoms with Crippen LogP contribution < -0.4 is 10.5 Å². The van der Waals surface area contributed by atoms with Crippen molar-refractivity contribution in [1.29, 1.82) is 0 Å². The topological polar surface area (TPSA) is 72.2 Å². The Hall–Kier alpha value is -1.86. The van der Waals surface area contributed by atoms with Crippen LogP contribution in [0.25, 0.3) is 0 Å². The maximum atomic E-state index is 13.7. The third kappa shape index (κ3) is 3.08. The molecule has 2 rings (SSSR count). The largest absolute Gasteiger partial charge is 0.399 e. The number of aryl methyl sites for hydroxylation is 1. The number of nitrogens with two attached hydrogens (primary N) is 1.